The van der Waals surface area contributed by atoms with Crippen LogP contribution in [-0.2, 0) is 14.6 Å². The van der Waals surface area contributed by atoms with Crippen LogP contribution in [0.1, 0.15) is 25.7 Å². The first kappa shape index (κ1) is 15.7. The van der Waals surface area contributed by atoms with E-state index >= 15 is 0 Å². The molecule has 0 radical (unpaired) electrons. The molecular formula is C13H24N2O4S. The van der Waals surface area contributed by atoms with Gasteiger partial charge >= 0.3 is 0 Å². The second kappa shape index (κ2) is 6.41. The lowest BCUT2D eigenvalue weighted by Crippen LogP contribution is -2.47. The molecule has 0 aromatic carbocycles. The van der Waals surface area contributed by atoms with Crippen molar-refractivity contribution in [3.05, 3.63) is 0 Å². The minimum Gasteiger partial charge on any atom is -0.395 e. The van der Waals surface area contributed by atoms with E-state index in [1.165, 1.54) is 0 Å². The molecule has 2 fully saturated rings. The van der Waals surface area contributed by atoms with E-state index in [0.29, 0.717) is 13.0 Å². The Labute approximate surface area is 120 Å². The van der Waals surface area contributed by atoms with Crippen LogP contribution in [0.5, 0.6) is 0 Å². The van der Waals surface area contributed by atoms with Gasteiger partial charge in [0.05, 0.1) is 18.1 Å². The van der Waals surface area contributed by atoms with Crippen molar-refractivity contribution in [3.8, 4) is 0 Å². The highest BCUT2D eigenvalue weighted by atomic mass is 32.2. The maximum atomic E-state index is 12.7. The van der Waals surface area contributed by atoms with Gasteiger partial charge in [-0.2, -0.15) is 0 Å². The van der Waals surface area contributed by atoms with E-state index in [9.17, 15) is 18.3 Å². The van der Waals surface area contributed by atoms with Crippen molar-refractivity contribution in [2.24, 2.45) is 17.6 Å². The predicted molar refractivity (Wildman–Crippen MR) is 75.7 cm³/mol. The first-order chi connectivity index (χ1) is 9.48. The molecule has 3 unspecified atom stereocenters. The van der Waals surface area contributed by atoms with Gasteiger partial charge in [0.25, 0.3) is 0 Å². The van der Waals surface area contributed by atoms with Gasteiger partial charge in [0, 0.05) is 18.5 Å². The number of sulfone groups is 1. The Morgan fingerprint density at radius 1 is 1.30 bits per heavy atom. The normalized spacial score (nSPS) is 32.4. The standard InChI is InChI=1S/C13H24N2O4S/c14-8-10-2-1-3-12(10)13(17)15(5-6-16)11-4-7-20(18,19)9-11/h10-12,16H,1-9,14H2. The van der Waals surface area contributed by atoms with E-state index < -0.39 is 9.84 Å². The van der Waals surface area contributed by atoms with E-state index in [2.05, 4.69) is 0 Å². The Hall–Kier alpha value is -0.660. The SMILES string of the molecule is NCC1CCCC1C(=O)N(CCO)C1CCS(=O)(=O)C1. The molecular weight excluding hydrogens is 280 g/mol. The molecule has 0 aromatic heterocycles. The second-order valence-corrected chi connectivity index (χ2v) is 8.07. The summed E-state index contributed by atoms with van der Waals surface area (Å²) in [5.74, 6) is 0.238. The van der Waals surface area contributed by atoms with Crippen LogP contribution in [0.25, 0.3) is 0 Å². The van der Waals surface area contributed by atoms with Crippen LogP contribution in [0.2, 0.25) is 0 Å². The average molecular weight is 304 g/mol. The molecule has 1 heterocycles. The Morgan fingerprint density at radius 2 is 2.05 bits per heavy atom. The highest BCUT2D eigenvalue weighted by molar-refractivity contribution is 7.91. The Kier molecular flexibility index (Phi) is 5.04. The molecule has 116 valence electrons. The molecule has 2 rings (SSSR count). The molecule has 1 amide bonds. The zero-order valence-corrected chi connectivity index (χ0v) is 12.5. The molecule has 0 spiro atoms. The van der Waals surface area contributed by atoms with Gasteiger partial charge in [0.2, 0.25) is 5.91 Å². The minimum absolute atomic E-state index is 0.0194. The maximum Gasteiger partial charge on any atom is 0.226 e. The molecule has 7 heteroatoms. The number of rotatable bonds is 5. The van der Waals surface area contributed by atoms with Gasteiger partial charge in [-0.05, 0) is 31.7 Å². The molecule has 2 aliphatic rings. The largest absolute Gasteiger partial charge is 0.395 e. The smallest absolute Gasteiger partial charge is 0.226 e. The summed E-state index contributed by atoms with van der Waals surface area (Å²) in [7, 11) is -3.04. The van der Waals surface area contributed by atoms with Gasteiger partial charge in [-0.15, -0.1) is 0 Å². The summed E-state index contributed by atoms with van der Waals surface area (Å²) in [4.78, 5) is 14.3. The van der Waals surface area contributed by atoms with Crippen molar-refractivity contribution in [1.82, 2.24) is 4.90 Å². The topological polar surface area (TPSA) is 101 Å². The molecule has 20 heavy (non-hydrogen) atoms. The maximum absolute atomic E-state index is 12.7. The van der Waals surface area contributed by atoms with Crippen molar-refractivity contribution in [2.75, 3.05) is 31.2 Å². The number of nitrogens with two attached hydrogens (primary N) is 1. The predicted octanol–water partition coefficient (Wildman–Crippen LogP) is -0.631. The number of hydrogen-bond acceptors (Lipinski definition) is 5. The lowest BCUT2D eigenvalue weighted by molar-refractivity contribution is -0.139. The third-order valence-electron chi connectivity index (χ3n) is 4.55. The van der Waals surface area contributed by atoms with Crippen LogP contribution in [0.15, 0.2) is 0 Å². The second-order valence-electron chi connectivity index (χ2n) is 5.85. The number of hydrogen-bond donors (Lipinski definition) is 2. The average Bonchev–Trinajstić information content (AvgIpc) is 3.01. The van der Waals surface area contributed by atoms with E-state index in [0.717, 1.165) is 19.3 Å². The van der Waals surface area contributed by atoms with Crippen molar-refractivity contribution in [2.45, 2.75) is 31.7 Å². The number of carbonyl (C=O) groups is 1. The van der Waals surface area contributed by atoms with Gasteiger partial charge in [-0.3, -0.25) is 4.79 Å². The van der Waals surface area contributed by atoms with Crippen molar-refractivity contribution < 1.29 is 18.3 Å². The highest BCUT2D eigenvalue weighted by Gasteiger charge is 2.40. The number of aliphatic hydroxyl groups is 1. The van der Waals surface area contributed by atoms with Crippen LogP contribution in [0.4, 0.5) is 0 Å². The van der Waals surface area contributed by atoms with Gasteiger partial charge in [-0.25, -0.2) is 8.42 Å². The first-order valence-corrected chi connectivity index (χ1v) is 9.12. The van der Waals surface area contributed by atoms with Crippen LogP contribution in [0, 0.1) is 11.8 Å². The molecule has 1 saturated heterocycles. The molecule has 3 atom stereocenters. The van der Waals surface area contributed by atoms with Crippen LogP contribution >= 0.6 is 0 Å². The highest BCUT2D eigenvalue weighted by Crippen LogP contribution is 2.33. The summed E-state index contributed by atoms with van der Waals surface area (Å²) in [6.45, 7) is 0.571. The van der Waals surface area contributed by atoms with Crippen LogP contribution in [0.3, 0.4) is 0 Å². The van der Waals surface area contributed by atoms with E-state index in [1.54, 1.807) is 4.90 Å². The van der Waals surface area contributed by atoms with Crippen LogP contribution < -0.4 is 5.73 Å². The molecule has 1 aliphatic carbocycles. The summed E-state index contributed by atoms with van der Waals surface area (Å²) in [6, 6.07) is -0.279. The Balaban J connectivity index is 2.10. The third-order valence-corrected chi connectivity index (χ3v) is 6.30. The summed E-state index contributed by atoms with van der Waals surface area (Å²) >= 11 is 0. The number of nitrogens with zero attached hydrogens (tertiary/aromatic N) is 1. The third kappa shape index (κ3) is 3.32. The van der Waals surface area contributed by atoms with Gasteiger partial charge in [0.1, 0.15) is 0 Å². The summed E-state index contributed by atoms with van der Waals surface area (Å²) < 4.78 is 23.2. The fraction of sp³-hybridized carbons (Fsp3) is 0.923. The quantitative estimate of drug-likeness (QED) is 0.704. The fourth-order valence-corrected chi connectivity index (χ4v) is 5.19. The summed E-state index contributed by atoms with van der Waals surface area (Å²) in [6.07, 6.45) is 3.26. The number of amides is 1. The van der Waals surface area contributed by atoms with E-state index in [1.807, 2.05) is 0 Å². The Morgan fingerprint density at radius 3 is 2.60 bits per heavy atom. The lowest BCUT2D eigenvalue weighted by Gasteiger charge is -2.31. The lowest BCUT2D eigenvalue weighted by atomic mass is 9.94. The zero-order valence-electron chi connectivity index (χ0n) is 11.7. The number of aliphatic hydroxyl groups excluding tert-OH is 1. The first-order valence-electron chi connectivity index (χ1n) is 7.30. The summed E-state index contributed by atoms with van der Waals surface area (Å²) in [5, 5.41) is 9.17. The molecule has 6 nitrogen and oxygen atoms in total. The molecule has 0 bridgehead atoms. The Bertz CT molecular complexity index is 451. The van der Waals surface area contributed by atoms with Gasteiger partial charge in [0.15, 0.2) is 9.84 Å². The van der Waals surface area contributed by atoms with Crippen molar-refractivity contribution in [1.29, 1.82) is 0 Å². The van der Waals surface area contributed by atoms with Crippen molar-refractivity contribution >= 4 is 15.7 Å². The number of carbonyl (C=O) groups excluding carboxylic acids is 1. The minimum atomic E-state index is -3.04. The molecule has 3 N–H and O–H groups in total. The summed E-state index contributed by atoms with van der Waals surface area (Å²) in [5.41, 5.74) is 5.72. The van der Waals surface area contributed by atoms with E-state index in [-0.39, 0.29) is 48.4 Å². The molecule has 0 aromatic rings. The van der Waals surface area contributed by atoms with Gasteiger partial charge < -0.3 is 15.7 Å². The van der Waals surface area contributed by atoms with Crippen LogP contribution in [-0.4, -0.2) is 61.6 Å². The van der Waals surface area contributed by atoms with E-state index in [4.69, 9.17) is 5.73 Å². The zero-order chi connectivity index (χ0) is 14.8. The fourth-order valence-electron chi connectivity index (χ4n) is 3.46. The van der Waals surface area contributed by atoms with Crippen molar-refractivity contribution in [3.63, 3.8) is 0 Å². The van der Waals surface area contributed by atoms with Gasteiger partial charge in [-0.1, -0.05) is 6.42 Å². The molecule has 1 saturated carbocycles. The molecule has 1 aliphatic heterocycles. The monoisotopic (exact) mass is 304 g/mol.